The zero-order chi connectivity index (χ0) is 9.97. The number of hydrogen-bond acceptors (Lipinski definition) is 3. The van der Waals surface area contributed by atoms with Crippen LogP contribution in [0, 0.1) is 5.92 Å². The highest BCUT2D eigenvalue weighted by Gasteiger charge is 2.21. The summed E-state index contributed by atoms with van der Waals surface area (Å²) in [5.41, 5.74) is 6.99. The van der Waals surface area contributed by atoms with Gasteiger partial charge in [-0.25, -0.2) is 4.98 Å². The maximum atomic E-state index is 5.71. The number of nitrogen functional groups attached to an aromatic ring is 1. The third-order valence-corrected chi connectivity index (χ3v) is 3.97. The molecule has 0 fully saturated rings. The van der Waals surface area contributed by atoms with E-state index < -0.39 is 0 Å². The zero-order valence-corrected chi connectivity index (χ0v) is 9.57. The van der Waals surface area contributed by atoms with E-state index in [1.54, 1.807) is 11.3 Å². The van der Waals surface area contributed by atoms with Gasteiger partial charge in [0.2, 0.25) is 0 Å². The number of thiazole rings is 1. The van der Waals surface area contributed by atoms with Crippen molar-refractivity contribution < 1.29 is 0 Å². The molecule has 0 unspecified atom stereocenters. The van der Waals surface area contributed by atoms with Gasteiger partial charge in [0.25, 0.3) is 0 Å². The lowest BCUT2D eigenvalue weighted by Crippen LogP contribution is -2.12. The van der Waals surface area contributed by atoms with Crippen LogP contribution >= 0.6 is 11.3 Å². The fourth-order valence-corrected chi connectivity index (χ4v) is 3.20. The number of fused-ring (bicyclic) bond motifs is 1. The molecule has 14 heavy (non-hydrogen) atoms. The van der Waals surface area contributed by atoms with Gasteiger partial charge in [-0.15, -0.1) is 11.3 Å². The topological polar surface area (TPSA) is 38.9 Å². The van der Waals surface area contributed by atoms with Crippen LogP contribution in [-0.2, 0) is 12.8 Å². The molecule has 3 heteroatoms. The van der Waals surface area contributed by atoms with Gasteiger partial charge in [-0.1, -0.05) is 26.2 Å². The summed E-state index contributed by atoms with van der Waals surface area (Å²) in [5.74, 6) is 0.891. The number of aromatic nitrogens is 1. The van der Waals surface area contributed by atoms with E-state index in [-0.39, 0.29) is 0 Å². The van der Waals surface area contributed by atoms with Gasteiger partial charge < -0.3 is 5.73 Å². The average molecular weight is 210 g/mol. The van der Waals surface area contributed by atoms with E-state index in [4.69, 9.17) is 5.73 Å². The van der Waals surface area contributed by atoms with Gasteiger partial charge in [-0.3, -0.25) is 0 Å². The van der Waals surface area contributed by atoms with E-state index in [1.807, 2.05) is 0 Å². The third-order valence-electron chi connectivity index (χ3n) is 3.02. The highest BCUT2D eigenvalue weighted by molar-refractivity contribution is 7.15. The van der Waals surface area contributed by atoms with Crippen LogP contribution in [0.15, 0.2) is 0 Å². The molecule has 0 aliphatic heterocycles. The van der Waals surface area contributed by atoms with E-state index in [0.717, 1.165) is 17.5 Å². The second-order valence-corrected chi connectivity index (χ2v) is 5.29. The van der Waals surface area contributed by atoms with Crippen molar-refractivity contribution in [1.82, 2.24) is 4.98 Å². The van der Waals surface area contributed by atoms with Crippen LogP contribution in [-0.4, -0.2) is 4.98 Å². The van der Waals surface area contributed by atoms with Crippen LogP contribution in [0.25, 0.3) is 0 Å². The summed E-state index contributed by atoms with van der Waals surface area (Å²) in [6.45, 7) is 2.26. The molecule has 0 aromatic carbocycles. The number of aryl methyl sites for hydroxylation is 1. The molecule has 1 aliphatic carbocycles. The van der Waals surface area contributed by atoms with E-state index in [2.05, 4.69) is 11.9 Å². The maximum absolute atomic E-state index is 5.71. The molecule has 2 rings (SSSR count). The van der Waals surface area contributed by atoms with E-state index in [9.17, 15) is 0 Å². The van der Waals surface area contributed by atoms with Crippen molar-refractivity contribution in [2.75, 3.05) is 5.73 Å². The number of anilines is 1. The van der Waals surface area contributed by atoms with Crippen molar-refractivity contribution in [3.8, 4) is 0 Å². The molecule has 1 aromatic rings. The Morgan fingerprint density at radius 1 is 1.57 bits per heavy atom. The lowest BCUT2D eigenvalue weighted by molar-refractivity contribution is 0.414. The predicted molar refractivity (Wildman–Crippen MR) is 61.6 cm³/mol. The van der Waals surface area contributed by atoms with E-state index in [0.29, 0.717) is 0 Å². The smallest absolute Gasteiger partial charge is 0.180 e. The lowest BCUT2D eigenvalue weighted by atomic mass is 9.87. The molecule has 0 radical (unpaired) electrons. The Bertz CT molecular complexity index is 306. The van der Waals surface area contributed by atoms with Gasteiger partial charge in [-0.05, 0) is 25.2 Å². The normalized spacial score (nSPS) is 20.8. The third kappa shape index (κ3) is 2.08. The zero-order valence-electron chi connectivity index (χ0n) is 8.75. The molecule has 2 nitrogen and oxygen atoms in total. The second-order valence-electron chi connectivity index (χ2n) is 4.17. The Morgan fingerprint density at radius 3 is 3.21 bits per heavy atom. The first-order chi connectivity index (χ1) is 6.79. The molecule has 0 saturated carbocycles. The maximum Gasteiger partial charge on any atom is 0.180 e. The lowest BCUT2D eigenvalue weighted by Gasteiger charge is -2.20. The van der Waals surface area contributed by atoms with Crippen molar-refractivity contribution in [3.63, 3.8) is 0 Å². The molecule has 0 spiro atoms. The van der Waals surface area contributed by atoms with Crippen LogP contribution in [0.3, 0.4) is 0 Å². The number of unbranched alkanes of at least 4 members (excludes halogenated alkanes) is 1. The standard InChI is InChI=1S/C11H18N2S/c1-2-3-4-8-5-6-9-10(7-8)14-11(12)13-9/h8H,2-7H2,1H3,(H2,12,13)/t8-/m1/s1. The Labute approximate surface area is 89.5 Å². The van der Waals surface area contributed by atoms with Crippen molar-refractivity contribution in [3.05, 3.63) is 10.6 Å². The fraction of sp³-hybridized carbons (Fsp3) is 0.727. The molecular weight excluding hydrogens is 192 g/mol. The minimum absolute atomic E-state index is 0.756. The molecule has 1 atom stereocenters. The van der Waals surface area contributed by atoms with Crippen molar-refractivity contribution in [1.29, 1.82) is 0 Å². The van der Waals surface area contributed by atoms with Gasteiger partial charge >= 0.3 is 0 Å². The minimum atomic E-state index is 0.756. The molecule has 1 aliphatic rings. The molecule has 0 saturated heterocycles. The monoisotopic (exact) mass is 210 g/mol. The molecule has 78 valence electrons. The van der Waals surface area contributed by atoms with Gasteiger partial charge in [0.1, 0.15) is 0 Å². The van der Waals surface area contributed by atoms with Crippen molar-refractivity contribution in [2.45, 2.75) is 45.4 Å². The van der Waals surface area contributed by atoms with Crippen LogP contribution in [0.1, 0.15) is 43.2 Å². The first kappa shape index (κ1) is 9.97. The Kier molecular flexibility index (Phi) is 3.06. The summed E-state index contributed by atoms with van der Waals surface area (Å²) in [6, 6.07) is 0. The Morgan fingerprint density at radius 2 is 2.43 bits per heavy atom. The summed E-state index contributed by atoms with van der Waals surface area (Å²) in [4.78, 5) is 5.82. The first-order valence-electron chi connectivity index (χ1n) is 5.53. The van der Waals surface area contributed by atoms with Crippen LogP contribution in [0.2, 0.25) is 0 Å². The minimum Gasteiger partial charge on any atom is -0.375 e. The largest absolute Gasteiger partial charge is 0.375 e. The average Bonchev–Trinajstić information content (AvgIpc) is 2.54. The highest BCUT2D eigenvalue weighted by Crippen LogP contribution is 2.32. The van der Waals surface area contributed by atoms with Crippen LogP contribution in [0.5, 0.6) is 0 Å². The van der Waals surface area contributed by atoms with Crippen molar-refractivity contribution in [2.24, 2.45) is 5.92 Å². The van der Waals surface area contributed by atoms with Gasteiger partial charge in [-0.2, -0.15) is 0 Å². The van der Waals surface area contributed by atoms with Crippen LogP contribution < -0.4 is 5.73 Å². The van der Waals surface area contributed by atoms with E-state index in [1.165, 1.54) is 42.7 Å². The first-order valence-corrected chi connectivity index (χ1v) is 6.35. The fourth-order valence-electron chi connectivity index (χ4n) is 2.20. The quantitative estimate of drug-likeness (QED) is 0.833. The molecular formula is C11H18N2S. The summed E-state index contributed by atoms with van der Waals surface area (Å²) in [6.07, 6.45) is 7.76. The van der Waals surface area contributed by atoms with E-state index >= 15 is 0 Å². The van der Waals surface area contributed by atoms with Gasteiger partial charge in [0.05, 0.1) is 5.69 Å². The number of nitrogens with zero attached hydrogens (tertiary/aromatic N) is 1. The second kappa shape index (κ2) is 4.30. The molecule has 0 bridgehead atoms. The number of nitrogens with two attached hydrogens (primary N) is 1. The Hall–Kier alpha value is -0.570. The molecule has 0 amide bonds. The molecule has 2 N–H and O–H groups in total. The van der Waals surface area contributed by atoms with Gasteiger partial charge in [0.15, 0.2) is 5.13 Å². The number of hydrogen-bond donors (Lipinski definition) is 1. The molecule has 1 heterocycles. The molecule has 1 aromatic heterocycles. The summed E-state index contributed by atoms with van der Waals surface area (Å²) in [5, 5.41) is 0.756. The van der Waals surface area contributed by atoms with Crippen molar-refractivity contribution >= 4 is 16.5 Å². The number of rotatable bonds is 3. The summed E-state index contributed by atoms with van der Waals surface area (Å²) in [7, 11) is 0. The highest BCUT2D eigenvalue weighted by atomic mass is 32.1. The summed E-state index contributed by atoms with van der Waals surface area (Å²) >= 11 is 1.69. The Balaban J connectivity index is 1.98. The van der Waals surface area contributed by atoms with Crippen LogP contribution in [0.4, 0.5) is 5.13 Å². The predicted octanol–water partition coefficient (Wildman–Crippen LogP) is 3.02. The van der Waals surface area contributed by atoms with Gasteiger partial charge in [0, 0.05) is 4.88 Å². The SMILES string of the molecule is CCCC[C@@H]1CCc2nc(N)sc2C1. The summed E-state index contributed by atoms with van der Waals surface area (Å²) < 4.78 is 0.